The first kappa shape index (κ1) is 14.8. The van der Waals surface area contributed by atoms with Crippen LogP contribution < -0.4 is 4.90 Å². The molecule has 2 unspecified atom stereocenters. The molecule has 1 aromatic carbocycles. The predicted octanol–water partition coefficient (Wildman–Crippen LogP) is 1.78. The van der Waals surface area contributed by atoms with Gasteiger partial charge in [0.25, 0.3) is 0 Å². The highest BCUT2D eigenvalue weighted by Gasteiger charge is 2.34. The van der Waals surface area contributed by atoms with Gasteiger partial charge in [0, 0.05) is 18.5 Å². The number of piperidine rings is 1. The van der Waals surface area contributed by atoms with Crippen molar-refractivity contribution < 1.29 is 18.3 Å². The van der Waals surface area contributed by atoms with Crippen molar-refractivity contribution in [1.82, 2.24) is 0 Å². The minimum absolute atomic E-state index is 0.0795. The van der Waals surface area contributed by atoms with E-state index in [1.54, 1.807) is 12.1 Å². The van der Waals surface area contributed by atoms with Gasteiger partial charge in [-0.1, -0.05) is 6.92 Å². The third-order valence-corrected chi connectivity index (χ3v) is 4.91. The van der Waals surface area contributed by atoms with E-state index in [1.807, 2.05) is 11.8 Å². The van der Waals surface area contributed by atoms with Gasteiger partial charge in [-0.2, -0.15) is 0 Å². The third kappa shape index (κ3) is 2.95. The molecule has 0 radical (unpaired) electrons. The van der Waals surface area contributed by atoms with E-state index in [0.717, 1.165) is 24.8 Å². The average Bonchev–Trinajstić information content (AvgIpc) is 2.37. The van der Waals surface area contributed by atoms with Crippen LogP contribution in [0.15, 0.2) is 29.2 Å². The van der Waals surface area contributed by atoms with E-state index in [0.29, 0.717) is 6.54 Å². The first-order valence-corrected chi connectivity index (χ1v) is 8.49. The summed E-state index contributed by atoms with van der Waals surface area (Å²) in [6.45, 7) is 2.62. The molecule has 0 aliphatic carbocycles. The van der Waals surface area contributed by atoms with Crippen LogP contribution in [0, 0.1) is 5.92 Å². The lowest BCUT2D eigenvalue weighted by atomic mass is 9.90. The molecule has 1 aliphatic rings. The Labute approximate surface area is 119 Å². The van der Waals surface area contributed by atoms with Crippen molar-refractivity contribution in [3.8, 4) is 0 Å². The summed E-state index contributed by atoms with van der Waals surface area (Å²) >= 11 is 0. The lowest BCUT2D eigenvalue weighted by Gasteiger charge is -2.39. The summed E-state index contributed by atoms with van der Waals surface area (Å²) in [5, 5.41) is 9.39. The number of hydrogen-bond acceptors (Lipinski definition) is 4. The topological polar surface area (TPSA) is 74.7 Å². The maximum atomic E-state index is 11.4. The van der Waals surface area contributed by atoms with Crippen molar-refractivity contribution in [3.05, 3.63) is 24.3 Å². The SMILES string of the molecule is CC1CCCN(c2ccc(S(C)(=O)=O)cc2)C1C(=O)O. The van der Waals surface area contributed by atoms with Crippen molar-refractivity contribution in [3.63, 3.8) is 0 Å². The quantitative estimate of drug-likeness (QED) is 0.920. The van der Waals surface area contributed by atoms with E-state index in [4.69, 9.17) is 0 Å². The molecule has 2 atom stereocenters. The van der Waals surface area contributed by atoms with Gasteiger partial charge in [0.05, 0.1) is 4.90 Å². The molecule has 1 heterocycles. The summed E-state index contributed by atoms with van der Waals surface area (Å²) in [6, 6.07) is 5.88. The Morgan fingerprint density at radius 1 is 1.30 bits per heavy atom. The Balaban J connectivity index is 2.32. The van der Waals surface area contributed by atoms with Crippen LogP contribution in [0.4, 0.5) is 5.69 Å². The first-order valence-electron chi connectivity index (χ1n) is 6.60. The second-order valence-corrected chi connectivity index (χ2v) is 7.38. The van der Waals surface area contributed by atoms with Gasteiger partial charge in [-0.25, -0.2) is 13.2 Å². The molecule has 0 spiro atoms. The molecule has 0 amide bonds. The molecule has 0 aromatic heterocycles. The molecule has 110 valence electrons. The fourth-order valence-corrected chi connectivity index (χ4v) is 3.37. The van der Waals surface area contributed by atoms with Crippen LogP contribution in [0.1, 0.15) is 19.8 Å². The van der Waals surface area contributed by atoms with Crippen LogP contribution in [-0.2, 0) is 14.6 Å². The Kier molecular flexibility index (Phi) is 4.04. The predicted molar refractivity (Wildman–Crippen MR) is 76.7 cm³/mol. The van der Waals surface area contributed by atoms with Crippen molar-refractivity contribution in [2.75, 3.05) is 17.7 Å². The van der Waals surface area contributed by atoms with Crippen LogP contribution in [0.3, 0.4) is 0 Å². The number of aliphatic carboxylic acids is 1. The van der Waals surface area contributed by atoms with Crippen molar-refractivity contribution in [1.29, 1.82) is 0 Å². The number of carboxylic acids is 1. The lowest BCUT2D eigenvalue weighted by Crippen LogP contribution is -2.49. The normalized spacial score (nSPS) is 23.6. The molecule has 1 N–H and O–H groups in total. The zero-order valence-corrected chi connectivity index (χ0v) is 12.4. The number of anilines is 1. The fourth-order valence-electron chi connectivity index (χ4n) is 2.74. The minimum atomic E-state index is -3.23. The number of sulfone groups is 1. The number of benzene rings is 1. The van der Waals surface area contributed by atoms with Crippen LogP contribution in [0.2, 0.25) is 0 Å². The molecule has 5 nitrogen and oxygen atoms in total. The standard InChI is InChI=1S/C14H19NO4S/c1-10-4-3-9-15(13(10)14(16)17)11-5-7-12(8-6-11)20(2,18)19/h5-8,10,13H,3-4,9H2,1-2H3,(H,16,17). The number of rotatable bonds is 3. The first-order chi connectivity index (χ1) is 9.30. The Hall–Kier alpha value is -1.56. The number of carbonyl (C=O) groups is 1. The fraction of sp³-hybridized carbons (Fsp3) is 0.500. The molecule has 20 heavy (non-hydrogen) atoms. The molecular formula is C14H19NO4S. The highest BCUT2D eigenvalue weighted by atomic mass is 32.2. The molecule has 1 aliphatic heterocycles. The Morgan fingerprint density at radius 3 is 2.40 bits per heavy atom. The van der Waals surface area contributed by atoms with E-state index in [1.165, 1.54) is 12.1 Å². The minimum Gasteiger partial charge on any atom is -0.480 e. The zero-order valence-electron chi connectivity index (χ0n) is 11.6. The lowest BCUT2D eigenvalue weighted by molar-refractivity contribution is -0.140. The summed E-state index contributed by atoms with van der Waals surface area (Å²) in [6.07, 6.45) is 3.00. The van der Waals surface area contributed by atoms with E-state index < -0.39 is 21.8 Å². The van der Waals surface area contributed by atoms with E-state index in [-0.39, 0.29) is 10.8 Å². The molecule has 1 saturated heterocycles. The summed E-state index contributed by atoms with van der Waals surface area (Å²) in [7, 11) is -3.23. The molecule has 2 rings (SSSR count). The molecule has 0 bridgehead atoms. The maximum absolute atomic E-state index is 11.4. The van der Waals surface area contributed by atoms with Gasteiger partial charge in [0.15, 0.2) is 9.84 Å². The van der Waals surface area contributed by atoms with Gasteiger partial charge < -0.3 is 10.0 Å². The third-order valence-electron chi connectivity index (χ3n) is 3.78. The molecule has 1 aromatic rings. The number of hydrogen-bond donors (Lipinski definition) is 1. The summed E-state index contributed by atoms with van der Waals surface area (Å²) in [5.41, 5.74) is 0.761. The van der Waals surface area contributed by atoms with Gasteiger partial charge >= 0.3 is 5.97 Å². The Morgan fingerprint density at radius 2 is 1.90 bits per heavy atom. The van der Waals surface area contributed by atoms with Crippen LogP contribution in [-0.4, -0.2) is 38.3 Å². The van der Waals surface area contributed by atoms with Crippen LogP contribution >= 0.6 is 0 Å². The second-order valence-electron chi connectivity index (χ2n) is 5.36. The van der Waals surface area contributed by atoms with Crippen molar-refractivity contribution >= 4 is 21.5 Å². The smallest absolute Gasteiger partial charge is 0.326 e. The molecular weight excluding hydrogens is 278 g/mol. The second kappa shape index (κ2) is 5.44. The van der Waals surface area contributed by atoms with Crippen molar-refractivity contribution in [2.24, 2.45) is 5.92 Å². The summed E-state index contributed by atoms with van der Waals surface area (Å²) < 4.78 is 22.9. The van der Waals surface area contributed by atoms with Crippen molar-refractivity contribution in [2.45, 2.75) is 30.7 Å². The molecule has 1 fully saturated rings. The highest BCUT2D eigenvalue weighted by molar-refractivity contribution is 7.90. The maximum Gasteiger partial charge on any atom is 0.326 e. The van der Waals surface area contributed by atoms with Gasteiger partial charge in [-0.05, 0) is 43.0 Å². The van der Waals surface area contributed by atoms with Crippen LogP contribution in [0.25, 0.3) is 0 Å². The van der Waals surface area contributed by atoms with Gasteiger partial charge in [-0.15, -0.1) is 0 Å². The van der Waals surface area contributed by atoms with Crippen LogP contribution in [0.5, 0.6) is 0 Å². The monoisotopic (exact) mass is 297 g/mol. The average molecular weight is 297 g/mol. The molecule has 6 heteroatoms. The highest BCUT2D eigenvalue weighted by Crippen LogP contribution is 2.29. The number of carboxylic acid groups (broad SMARTS) is 1. The van der Waals surface area contributed by atoms with E-state index >= 15 is 0 Å². The van der Waals surface area contributed by atoms with Gasteiger partial charge in [0.2, 0.25) is 0 Å². The summed E-state index contributed by atoms with van der Waals surface area (Å²) in [4.78, 5) is 13.5. The summed E-state index contributed by atoms with van der Waals surface area (Å²) in [5.74, 6) is -0.750. The zero-order chi connectivity index (χ0) is 14.9. The molecule has 0 saturated carbocycles. The number of nitrogens with zero attached hydrogens (tertiary/aromatic N) is 1. The Bertz CT molecular complexity index is 594. The largest absolute Gasteiger partial charge is 0.480 e. The van der Waals surface area contributed by atoms with E-state index in [9.17, 15) is 18.3 Å². The van der Waals surface area contributed by atoms with Gasteiger partial charge in [0.1, 0.15) is 6.04 Å². The van der Waals surface area contributed by atoms with E-state index in [2.05, 4.69) is 0 Å². The van der Waals surface area contributed by atoms with Gasteiger partial charge in [-0.3, -0.25) is 0 Å².